The van der Waals surface area contributed by atoms with Crippen molar-refractivity contribution in [1.29, 1.82) is 0 Å². The molecule has 10 atom stereocenters. The van der Waals surface area contributed by atoms with Crippen molar-refractivity contribution in [2.75, 3.05) is 12.1 Å². The van der Waals surface area contributed by atoms with E-state index in [1.54, 1.807) is 58.9 Å². The number of aliphatic carboxylic acids is 1. The minimum absolute atomic E-state index is 0.142. The van der Waals surface area contributed by atoms with E-state index in [0.717, 1.165) is 12.5 Å². The molecule has 0 aromatic heterocycles. The second-order valence-corrected chi connectivity index (χ2v) is 17.8. The fourth-order valence-electron chi connectivity index (χ4n) is 10.3. The summed E-state index contributed by atoms with van der Waals surface area (Å²) in [7, 11) is 1.48. The molecule has 0 radical (unpaired) electrons. The number of rotatable bonds is 5. The standard InChI is InChI=1S/C39H53ClN2O11/c1-20(2)24-17-16-22(4)39(49)26(24)18-21(3)29(50-23(5)43)30(39)37(32(44)45)19-38(52-34(48)51-36(9,10)11)25-14-13-15-27(40)28(25)41(12)53-31(38)42(37,33(46)47)35(6,7)8/h13-15,18,22,24,26,29-31,49H,1,16-17,19H2,2-12H3,(H-,44,45,46,47)/t22-,24+,26+,29+,30-,31-,37+,38-,39-,42?/m1/s1. The van der Waals surface area contributed by atoms with Crippen LogP contribution in [0.25, 0.3) is 0 Å². The molecule has 2 heterocycles. The molecule has 2 N–H and O–H groups in total. The first kappa shape index (κ1) is 40.5. The van der Waals surface area contributed by atoms with E-state index >= 15 is 0 Å². The number of esters is 1. The molecule has 4 aliphatic rings. The smallest absolute Gasteiger partial charge is 0.498 e. The first-order valence-corrected chi connectivity index (χ1v) is 18.3. The van der Waals surface area contributed by atoms with Crippen molar-refractivity contribution in [2.24, 2.45) is 23.7 Å². The van der Waals surface area contributed by atoms with Crippen LogP contribution < -0.4 is 10.2 Å². The van der Waals surface area contributed by atoms with Gasteiger partial charge in [0.2, 0.25) is 11.1 Å². The number of aliphatic hydroxyl groups is 1. The van der Waals surface area contributed by atoms with E-state index < -0.39 is 93.1 Å². The Bertz CT molecular complexity index is 1770. The summed E-state index contributed by atoms with van der Waals surface area (Å²) in [5.41, 5.74) is -8.23. The minimum Gasteiger partial charge on any atom is -0.498 e. The van der Waals surface area contributed by atoms with Crippen LogP contribution in [0.15, 0.2) is 42.0 Å². The van der Waals surface area contributed by atoms with Crippen LogP contribution in [0.5, 0.6) is 0 Å². The number of hydrogen-bond acceptors (Lipinski definition) is 11. The zero-order valence-corrected chi connectivity index (χ0v) is 33.2. The SMILES string of the molecule is C=C(C)[C@@H]1CC[C@@H](C)[C@@]2(O)[C@H]1C=C(C)[C@H](OC(C)=O)[C@@H]2[C@]1(C(=O)O)C[C@@]2(OC(=O)OC(C)(C)C)c3cccc(Cl)c3N(C)O[C@H]2[N+]1(C(=O)[O-])C(C)(C)C. The summed E-state index contributed by atoms with van der Waals surface area (Å²) < 4.78 is 16.5. The molecule has 0 spiro atoms. The number of ether oxygens (including phenoxy) is 3. The van der Waals surface area contributed by atoms with Gasteiger partial charge in [-0.15, -0.1) is 0 Å². The lowest BCUT2D eigenvalue weighted by atomic mass is 9.49. The maximum absolute atomic E-state index is 14.9. The summed E-state index contributed by atoms with van der Waals surface area (Å²) in [5, 5.41) is 41.5. The van der Waals surface area contributed by atoms with Crippen molar-refractivity contribution in [3.05, 3.63) is 52.6 Å². The number of carboxylic acid groups (broad SMARTS) is 2. The molecule has 1 amide bonds. The highest BCUT2D eigenvalue weighted by molar-refractivity contribution is 6.33. The third-order valence-electron chi connectivity index (χ3n) is 12.1. The summed E-state index contributed by atoms with van der Waals surface area (Å²) in [6.07, 6.45) is -4.40. The largest absolute Gasteiger partial charge is 0.510 e. The van der Waals surface area contributed by atoms with Crippen LogP contribution in [0.2, 0.25) is 5.02 Å². The van der Waals surface area contributed by atoms with Gasteiger partial charge >= 0.3 is 18.1 Å². The zero-order valence-electron chi connectivity index (χ0n) is 32.4. The van der Waals surface area contributed by atoms with E-state index in [1.165, 1.54) is 32.9 Å². The monoisotopic (exact) mass is 760 g/mol. The molecule has 1 unspecified atom stereocenters. The Balaban J connectivity index is 2.02. The van der Waals surface area contributed by atoms with E-state index in [-0.39, 0.29) is 22.2 Å². The fourth-order valence-corrected chi connectivity index (χ4v) is 10.6. The van der Waals surface area contributed by atoms with E-state index in [9.17, 15) is 34.5 Å². The lowest BCUT2D eigenvalue weighted by molar-refractivity contribution is -0.991. The molecule has 2 aliphatic carbocycles. The Kier molecular flexibility index (Phi) is 9.93. The van der Waals surface area contributed by atoms with Gasteiger partial charge < -0.3 is 34.3 Å². The maximum Gasteiger partial charge on any atom is 0.510 e. The average Bonchev–Trinajstić information content (AvgIpc) is 3.26. The highest BCUT2D eigenvalue weighted by atomic mass is 35.5. The molecule has 53 heavy (non-hydrogen) atoms. The third kappa shape index (κ3) is 5.67. The van der Waals surface area contributed by atoms with Crippen LogP contribution in [0.3, 0.4) is 0 Å². The second-order valence-electron chi connectivity index (χ2n) is 17.4. The lowest BCUT2D eigenvalue weighted by Crippen LogP contribution is -2.86. The molecule has 292 valence electrons. The molecule has 5 rings (SSSR count). The minimum atomic E-state index is -2.72. The zero-order chi connectivity index (χ0) is 40.0. The lowest BCUT2D eigenvalue weighted by Gasteiger charge is -2.64. The molecule has 1 saturated heterocycles. The molecule has 1 saturated carbocycles. The predicted octanol–water partition coefficient (Wildman–Crippen LogP) is 5.86. The topological polar surface area (TPSA) is 172 Å². The number of anilines is 1. The highest BCUT2D eigenvalue weighted by Gasteiger charge is 2.88. The van der Waals surface area contributed by atoms with E-state index in [2.05, 4.69) is 6.58 Å². The van der Waals surface area contributed by atoms with Crippen molar-refractivity contribution in [3.63, 3.8) is 0 Å². The molecule has 0 bridgehead atoms. The van der Waals surface area contributed by atoms with Gasteiger partial charge in [-0.3, -0.25) is 4.79 Å². The van der Waals surface area contributed by atoms with Crippen LogP contribution in [0.4, 0.5) is 15.3 Å². The Morgan fingerprint density at radius 3 is 2.25 bits per heavy atom. The van der Waals surface area contributed by atoms with Crippen molar-refractivity contribution in [3.8, 4) is 0 Å². The van der Waals surface area contributed by atoms with E-state index in [1.807, 2.05) is 6.92 Å². The number of likely N-dealkylation sites (tertiary alicyclic amines) is 1. The van der Waals surface area contributed by atoms with Gasteiger partial charge in [0.25, 0.3) is 12.3 Å². The van der Waals surface area contributed by atoms with E-state index in [0.29, 0.717) is 18.4 Å². The normalized spacial score (nSPS) is 36.6. The highest BCUT2D eigenvalue weighted by Crippen LogP contribution is 2.68. The number of fused-ring (bicyclic) bond motifs is 4. The van der Waals surface area contributed by atoms with Crippen molar-refractivity contribution < 1.29 is 58.0 Å². The van der Waals surface area contributed by atoms with Gasteiger partial charge in [0.1, 0.15) is 11.7 Å². The molecular formula is C39H53ClN2O11. The van der Waals surface area contributed by atoms with Gasteiger partial charge in [-0.05, 0) is 91.7 Å². The van der Waals surface area contributed by atoms with Gasteiger partial charge in [0, 0.05) is 25.5 Å². The number of carbonyl (C=O) groups excluding carboxylic acids is 3. The number of halogens is 1. The van der Waals surface area contributed by atoms with Crippen LogP contribution in [0.1, 0.15) is 94.1 Å². The van der Waals surface area contributed by atoms with Crippen LogP contribution >= 0.6 is 11.6 Å². The van der Waals surface area contributed by atoms with Gasteiger partial charge in [0.15, 0.2) is 0 Å². The summed E-state index contributed by atoms with van der Waals surface area (Å²) >= 11 is 6.76. The van der Waals surface area contributed by atoms with Crippen molar-refractivity contribution in [2.45, 2.75) is 129 Å². The average molecular weight is 761 g/mol. The summed E-state index contributed by atoms with van der Waals surface area (Å²) in [4.78, 5) is 62.9. The number of carbonyl (C=O) groups is 4. The molecule has 2 aliphatic heterocycles. The number of benzene rings is 1. The Morgan fingerprint density at radius 2 is 1.74 bits per heavy atom. The Morgan fingerprint density at radius 1 is 1.11 bits per heavy atom. The van der Waals surface area contributed by atoms with Crippen molar-refractivity contribution in [1.82, 2.24) is 0 Å². The second kappa shape index (κ2) is 13.0. The molecule has 1 aromatic rings. The number of hydroxylamine groups is 1. The number of allylic oxidation sites excluding steroid dienone is 1. The number of para-hydroxylation sites is 1. The quantitative estimate of drug-likeness (QED) is 0.209. The van der Waals surface area contributed by atoms with Gasteiger partial charge in [-0.1, -0.05) is 48.9 Å². The van der Waals surface area contributed by atoms with Crippen LogP contribution in [-0.4, -0.2) is 80.5 Å². The number of quaternary nitrogens is 1. The first-order valence-electron chi connectivity index (χ1n) is 17.9. The first-order chi connectivity index (χ1) is 24.3. The predicted molar refractivity (Wildman–Crippen MR) is 192 cm³/mol. The molecule has 2 fully saturated rings. The Hall–Kier alpha value is -3.65. The number of carboxylic acids is 1. The third-order valence-corrected chi connectivity index (χ3v) is 12.4. The van der Waals surface area contributed by atoms with Gasteiger partial charge in [-0.2, -0.15) is 0 Å². The molecule has 14 heteroatoms. The fraction of sp³-hybridized carbons (Fsp3) is 0.641. The molecular weight excluding hydrogens is 708 g/mol. The van der Waals surface area contributed by atoms with E-state index in [4.69, 9.17) is 30.6 Å². The number of amides is 1. The van der Waals surface area contributed by atoms with Gasteiger partial charge in [0.05, 0.1) is 34.2 Å². The maximum atomic E-state index is 14.9. The molecule has 1 aromatic carbocycles. The summed E-state index contributed by atoms with van der Waals surface area (Å²) in [5.74, 6) is -5.89. The number of nitrogens with zero attached hydrogens (tertiary/aromatic N) is 2. The Labute approximate surface area is 316 Å². The summed E-state index contributed by atoms with van der Waals surface area (Å²) in [6.45, 7) is 20.1. The molecule has 13 nitrogen and oxygen atoms in total. The van der Waals surface area contributed by atoms with Crippen LogP contribution in [-0.2, 0) is 34.2 Å². The summed E-state index contributed by atoms with van der Waals surface area (Å²) in [6, 6.07) is 4.70. The van der Waals surface area contributed by atoms with Gasteiger partial charge in [-0.25, -0.2) is 24.0 Å². The van der Waals surface area contributed by atoms with Crippen LogP contribution in [0, 0.1) is 23.7 Å². The van der Waals surface area contributed by atoms with Crippen molar-refractivity contribution >= 4 is 41.5 Å². The number of hydrogen-bond donors (Lipinski definition) is 2.